The Morgan fingerprint density at radius 3 is 2.88 bits per heavy atom. The second-order valence-corrected chi connectivity index (χ2v) is 4.76. The van der Waals surface area contributed by atoms with Gasteiger partial charge in [0.1, 0.15) is 11.6 Å². The molecule has 0 amide bonds. The molecule has 3 heteroatoms. The lowest BCUT2D eigenvalue weighted by Gasteiger charge is -2.06. The monoisotopic (exact) mass is 235 g/mol. The standard InChI is InChI=1S/C14H18FNO/c1-10-8-12(15)3-2-11(10)9-14(17)6-7-16-13-4-5-13/h2-3,8,13,16H,4-7,9H2,1H3. The summed E-state index contributed by atoms with van der Waals surface area (Å²) in [5.74, 6) is -0.0260. The maximum absolute atomic E-state index is 12.9. The summed E-state index contributed by atoms with van der Waals surface area (Å²) >= 11 is 0. The Hall–Kier alpha value is -1.22. The molecule has 1 aromatic rings. The van der Waals surface area contributed by atoms with Crippen LogP contribution in [-0.4, -0.2) is 18.4 Å². The van der Waals surface area contributed by atoms with Gasteiger partial charge >= 0.3 is 0 Å². The zero-order valence-electron chi connectivity index (χ0n) is 10.1. The van der Waals surface area contributed by atoms with Crippen LogP contribution in [0.3, 0.4) is 0 Å². The maximum atomic E-state index is 12.9. The second kappa shape index (κ2) is 5.41. The molecule has 17 heavy (non-hydrogen) atoms. The first-order chi connectivity index (χ1) is 8.15. The van der Waals surface area contributed by atoms with Crippen molar-refractivity contribution in [2.75, 3.05) is 6.54 Å². The van der Waals surface area contributed by atoms with Gasteiger partial charge in [0.25, 0.3) is 0 Å². The Balaban J connectivity index is 1.79. The van der Waals surface area contributed by atoms with Crippen molar-refractivity contribution >= 4 is 5.78 Å². The van der Waals surface area contributed by atoms with Gasteiger partial charge in [-0.1, -0.05) is 6.07 Å². The van der Waals surface area contributed by atoms with E-state index in [9.17, 15) is 9.18 Å². The van der Waals surface area contributed by atoms with Crippen molar-refractivity contribution < 1.29 is 9.18 Å². The number of hydrogen-bond acceptors (Lipinski definition) is 2. The van der Waals surface area contributed by atoms with Crippen LogP contribution in [0.1, 0.15) is 30.4 Å². The van der Waals surface area contributed by atoms with Crippen LogP contribution in [-0.2, 0) is 11.2 Å². The fourth-order valence-electron chi connectivity index (χ4n) is 1.86. The molecule has 0 spiro atoms. The molecule has 0 bridgehead atoms. The number of hydrogen-bond donors (Lipinski definition) is 1. The van der Waals surface area contributed by atoms with Gasteiger partial charge in [-0.3, -0.25) is 4.79 Å². The van der Waals surface area contributed by atoms with Crippen LogP contribution in [0.4, 0.5) is 4.39 Å². The average molecular weight is 235 g/mol. The van der Waals surface area contributed by atoms with Gasteiger partial charge in [0.2, 0.25) is 0 Å². The third-order valence-electron chi connectivity index (χ3n) is 3.11. The molecule has 0 atom stereocenters. The molecule has 0 heterocycles. The number of carbonyl (C=O) groups excluding carboxylic acids is 1. The van der Waals surface area contributed by atoms with Crippen molar-refractivity contribution in [3.63, 3.8) is 0 Å². The lowest BCUT2D eigenvalue weighted by molar-refractivity contribution is -0.118. The molecule has 1 aliphatic rings. The number of aryl methyl sites for hydroxylation is 1. The number of rotatable bonds is 6. The Kier molecular flexibility index (Phi) is 3.89. The maximum Gasteiger partial charge on any atom is 0.138 e. The molecule has 1 aromatic carbocycles. The SMILES string of the molecule is Cc1cc(F)ccc1CC(=O)CCNC1CC1. The molecule has 1 aliphatic carbocycles. The fraction of sp³-hybridized carbons (Fsp3) is 0.500. The van der Waals surface area contributed by atoms with Crippen molar-refractivity contribution in [3.8, 4) is 0 Å². The topological polar surface area (TPSA) is 29.1 Å². The predicted molar refractivity (Wildman–Crippen MR) is 65.5 cm³/mol. The molecule has 92 valence electrons. The summed E-state index contributed by atoms with van der Waals surface area (Å²) < 4.78 is 12.9. The summed E-state index contributed by atoms with van der Waals surface area (Å²) in [4.78, 5) is 11.7. The minimum atomic E-state index is -0.242. The van der Waals surface area contributed by atoms with Gasteiger partial charge in [-0.15, -0.1) is 0 Å². The van der Waals surface area contributed by atoms with E-state index in [1.807, 2.05) is 6.92 Å². The summed E-state index contributed by atoms with van der Waals surface area (Å²) in [6, 6.07) is 5.25. The minimum Gasteiger partial charge on any atom is -0.314 e. The summed E-state index contributed by atoms with van der Waals surface area (Å²) in [6.45, 7) is 2.61. The largest absolute Gasteiger partial charge is 0.314 e. The zero-order valence-corrected chi connectivity index (χ0v) is 10.1. The number of carbonyl (C=O) groups is 1. The van der Waals surface area contributed by atoms with Crippen LogP contribution >= 0.6 is 0 Å². The first kappa shape index (κ1) is 12.2. The Labute approximate surface area is 101 Å². The van der Waals surface area contributed by atoms with Crippen LogP contribution in [0, 0.1) is 12.7 Å². The summed E-state index contributed by atoms with van der Waals surface area (Å²) in [5.41, 5.74) is 1.79. The van der Waals surface area contributed by atoms with Crippen LogP contribution in [0.5, 0.6) is 0 Å². The number of ketones is 1. The van der Waals surface area contributed by atoms with Crippen LogP contribution in [0.15, 0.2) is 18.2 Å². The van der Waals surface area contributed by atoms with Crippen molar-refractivity contribution in [1.29, 1.82) is 0 Å². The molecule has 1 fully saturated rings. The quantitative estimate of drug-likeness (QED) is 0.820. The van der Waals surface area contributed by atoms with Gasteiger partial charge in [-0.05, 0) is 43.0 Å². The number of Topliss-reactive ketones (excluding diaryl/α,β-unsaturated/α-hetero) is 1. The van der Waals surface area contributed by atoms with Crippen molar-refractivity contribution in [2.45, 2.75) is 38.6 Å². The summed E-state index contributed by atoms with van der Waals surface area (Å²) in [7, 11) is 0. The molecule has 2 nitrogen and oxygen atoms in total. The van der Waals surface area contributed by atoms with E-state index in [2.05, 4.69) is 5.32 Å². The third-order valence-corrected chi connectivity index (χ3v) is 3.11. The van der Waals surface area contributed by atoms with Crippen LogP contribution in [0.2, 0.25) is 0 Å². The normalized spacial score (nSPS) is 14.9. The van der Waals surface area contributed by atoms with E-state index < -0.39 is 0 Å². The van der Waals surface area contributed by atoms with Crippen molar-refractivity contribution in [3.05, 3.63) is 35.1 Å². The molecule has 0 radical (unpaired) electrons. The van der Waals surface area contributed by atoms with E-state index in [1.54, 1.807) is 6.07 Å². The molecule has 1 N–H and O–H groups in total. The highest BCUT2D eigenvalue weighted by molar-refractivity contribution is 5.81. The number of nitrogens with one attached hydrogen (secondary N) is 1. The number of benzene rings is 1. The van der Waals surface area contributed by atoms with E-state index in [4.69, 9.17) is 0 Å². The lowest BCUT2D eigenvalue weighted by atomic mass is 10.0. The molecule has 0 saturated heterocycles. The smallest absolute Gasteiger partial charge is 0.138 e. The van der Waals surface area contributed by atoms with Crippen molar-refractivity contribution in [1.82, 2.24) is 5.32 Å². The van der Waals surface area contributed by atoms with Crippen molar-refractivity contribution in [2.24, 2.45) is 0 Å². The molecule has 0 aliphatic heterocycles. The molecule has 1 saturated carbocycles. The Morgan fingerprint density at radius 1 is 1.47 bits per heavy atom. The van der Waals surface area contributed by atoms with Gasteiger partial charge in [0.15, 0.2) is 0 Å². The van der Waals surface area contributed by atoms with E-state index in [-0.39, 0.29) is 11.6 Å². The second-order valence-electron chi connectivity index (χ2n) is 4.76. The van der Waals surface area contributed by atoms with Crippen LogP contribution < -0.4 is 5.32 Å². The highest BCUT2D eigenvalue weighted by Gasteiger charge is 2.20. The van der Waals surface area contributed by atoms with E-state index >= 15 is 0 Å². The van der Waals surface area contributed by atoms with Gasteiger partial charge in [0, 0.05) is 25.4 Å². The highest BCUT2D eigenvalue weighted by atomic mass is 19.1. The molecule has 2 rings (SSSR count). The molecular formula is C14H18FNO. The third kappa shape index (κ3) is 3.93. The Bertz CT molecular complexity index is 413. The summed E-state index contributed by atoms with van der Waals surface area (Å²) in [5, 5.41) is 3.32. The van der Waals surface area contributed by atoms with Gasteiger partial charge in [-0.2, -0.15) is 0 Å². The first-order valence-corrected chi connectivity index (χ1v) is 6.15. The zero-order chi connectivity index (χ0) is 12.3. The van der Waals surface area contributed by atoms with Gasteiger partial charge in [0.05, 0.1) is 0 Å². The lowest BCUT2D eigenvalue weighted by Crippen LogP contribution is -2.21. The molecular weight excluding hydrogens is 217 g/mol. The fourth-order valence-corrected chi connectivity index (χ4v) is 1.86. The van der Waals surface area contributed by atoms with E-state index in [1.165, 1.54) is 25.0 Å². The van der Waals surface area contributed by atoms with Gasteiger partial charge < -0.3 is 5.32 Å². The minimum absolute atomic E-state index is 0.216. The predicted octanol–water partition coefficient (Wildman–Crippen LogP) is 2.39. The average Bonchev–Trinajstić information content (AvgIpc) is 3.06. The van der Waals surface area contributed by atoms with Crippen LogP contribution in [0.25, 0.3) is 0 Å². The number of halogens is 1. The molecule has 0 aromatic heterocycles. The summed E-state index contributed by atoms with van der Waals surface area (Å²) in [6.07, 6.45) is 3.46. The first-order valence-electron chi connectivity index (χ1n) is 6.15. The molecule has 0 unspecified atom stereocenters. The Morgan fingerprint density at radius 2 is 2.24 bits per heavy atom. The van der Waals surface area contributed by atoms with E-state index in [0.717, 1.165) is 17.7 Å². The highest BCUT2D eigenvalue weighted by Crippen LogP contribution is 2.18. The van der Waals surface area contributed by atoms with E-state index in [0.29, 0.717) is 18.9 Å². The van der Waals surface area contributed by atoms with Gasteiger partial charge in [-0.25, -0.2) is 4.39 Å².